The van der Waals surface area contributed by atoms with Crippen LogP contribution in [0.5, 0.6) is 0 Å². The molecular weight excluding hydrogens is 158 g/mol. The van der Waals surface area contributed by atoms with E-state index in [1.54, 1.807) is 12.1 Å². The van der Waals surface area contributed by atoms with E-state index in [1.807, 2.05) is 23.6 Å². The maximum absolute atomic E-state index is 8.58. The van der Waals surface area contributed by atoms with Gasteiger partial charge in [0.1, 0.15) is 5.40 Å². The van der Waals surface area contributed by atoms with Crippen molar-refractivity contribution in [3.05, 3.63) is 30.3 Å². The Kier molecular flexibility index (Phi) is 2.15. The highest BCUT2D eigenvalue weighted by Crippen LogP contribution is 2.38. The summed E-state index contributed by atoms with van der Waals surface area (Å²) in [5.41, 5.74) is 0. The summed E-state index contributed by atoms with van der Waals surface area (Å²) in [6.07, 6.45) is 0. The molecule has 0 aliphatic carbocycles. The zero-order valence-corrected chi connectivity index (χ0v) is 6.71. The Labute approximate surface area is 67.2 Å². The molecule has 11 heavy (non-hydrogen) atoms. The number of nitrogens with two attached hydrogens (primary N) is 2. The fraction of sp³-hybridized carbons (Fsp3) is 0. The summed E-state index contributed by atoms with van der Waals surface area (Å²) in [6, 6.07) is 9.01. The second-order valence-corrected chi connectivity index (χ2v) is 4.19. The van der Waals surface area contributed by atoms with Crippen LogP contribution in [0.3, 0.4) is 0 Å². The van der Waals surface area contributed by atoms with Gasteiger partial charge in [0.15, 0.2) is 0 Å². The number of benzene rings is 1. The molecule has 0 fully saturated rings. The number of thiocyanates is 1. The number of nitrogens with zero attached hydrogens (tertiary/aromatic N) is 1. The van der Waals surface area contributed by atoms with E-state index in [4.69, 9.17) is 15.5 Å². The first-order valence-corrected chi connectivity index (χ1v) is 4.77. The molecule has 1 aromatic carbocycles. The minimum absolute atomic E-state index is 0.711. The van der Waals surface area contributed by atoms with E-state index < -0.39 is 10.4 Å². The van der Waals surface area contributed by atoms with Gasteiger partial charge in [-0.3, -0.25) is 10.3 Å². The van der Waals surface area contributed by atoms with Gasteiger partial charge in [-0.15, -0.1) is 0 Å². The van der Waals surface area contributed by atoms with Crippen molar-refractivity contribution in [3.63, 3.8) is 0 Å². The Balaban J connectivity index is 3.05. The SMILES string of the molecule is N#CS(N)(N)c1ccccc1. The van der Waals surface area contributed by atoms with Crippen molar-refractivity contribution in [1.29, 1.82) is 5.26 Å². The van der Waals surface area contributed by atoms with Gasteiger partial charge in [-0.25, -0.2) is 0 Å². The molecule has 1 aromatic rings. The molecule has 0 aromatic heterocycles. The van der Waals surface area contributed by atoms with Crippen LogP contribution in [0.25, 0.3) is 0 Å². The van der Waals surface area contributed by atoms with E-state index in [1.165, 1.54) is 0 Å². The first kappa shape index (κ1) is 8.08. The number of hydrogen-bond donors (Lipinski definition) is 2. The first-order valence-electron chi connectivity index (χ1n) is 3.01. The number of rotatable bonds is 1. The van der Waals surface area contributed by atoms with E-state index in [-0.39, 0.29) is 0 Å². The second-order valence-electron chi connectivity index (χ2n) is 2.11. The Hall–Kier alpha value is -1.02. The summed E-state index contributed by atoms with van der Waals surface area (Å²) in [5, 5.41) is 21.6. The van der Waals surface area contributed by atoms with Crippen LogP contribution in [-0.2, 0) is 0 Å². The Morgan fingerprint density at radius 2 is 1.73 bits per heavy atom. The lowest BCUT2D eigenvalue weighted by molar-refractivity contribution is 1.41. The normalized spacial score (nSPS) is 12.1. The van der Waals surface area contributed by atoms with Crippen LogP contribution in [0.4, 0.5) is 0 Å². The molecule has 4 heteroatoms. The first-order chi connectivity index (χ1) is 5.17. The van der Waals surface area contributed by atoms with Gasteiger partial charge < -0.3 is 0 Å². The van der Waals surface area contributed by atoms with Crippen molar-refractivity contribution >= 4 is 10.4 Å². The van der Waals surface area contributed by atoms with E-state index in [9.17, 15) is 0 Å². The second kappa shape index (κ2) is 2.93. The fourth-order valence-electron chi connectivity index (χ4n) is 0.698. The third-order valence-corrected chi connectivity index (χ3v) is 2.64. The van der Waals surface area contributed by atoms with Crippen LogP contribution in [0.15, 0.2) is 35.2 Å². The highest BCUT2D eigenvalue weighted by atomic mass is 32.3. The molecule has 0 atom stereocenters. The molecule has 1 rings (SSSR count). The van der Waals surface area contributed by atoms with Crippen LogP contribution in [0.2, 0.25) is 0 Å². The zero-order valence-electron chi connectivity index (χ0n) is 5.90. The smallest absolute Gasteiger partial charge is 0.145 e. The van der Waals surface area contributed by atoms with Crippen molar-refractivity contribution in [2.75, 3.05) is 0 Å². The third-order valence-electron chi connectivity index (χ3n) is 1.28. The topological polar surface area (TPSA) is 75.8 Å². The van der Waals surface area contributed by atoms with Gasteiger partial charge in [-0.05, 0) is 22.5 Å². The molecule has 3 nitrogen and oxygen atoms in total. The lowest BCUT2D eigenvalue weighted by atomic mass is 10.4. The molecule has 0 aliphatic rings. The molecule has 0 spiro atoms. The summed E-state index contributed by atoms with van der Waals surface area (Å²) in [4.78, 5) is 0.711. The molecule has 0 saturated heterocycles. The highest BCUT2D eigenvalue weighted by Gasteiger charge is 2.12. The average molecular weight is 167 g/mol. The van der Waals surface area contributed by atoms with E-state index in [2.05, 4.69) is 0 Å². The van der Waals surface area contributed by atoms with Crippen LogP contribution in [-0.4, -0.2) is 0 Å². The van der Waals surface area contributed by atoms with Crippen molar-refractivity contribution < 1.29 is 0 Å². The third kappa shape index (κ3) is 1.71. The molecule has 0 radical (unpaired) electrons. The Bertz CT molecular complexity index is 275. The molecular formula is C7H9N3S. The fourth-order valence-corrected chi connectivity index (χ4v) is 1.41. The molecule has 4 N–H and O–H groups in total. The van der Waals surface area contributed by atoms with Crippen molar-refractivity contribution in [2.24, 2.45) is 10.3 Å². The molecule has 58 valence electrons. The van der Waals surface area contributed by atoms with Crippen molar-refractivity contribution in [1.82, 2.24) is 0 Å². The van der Waals surface area contributed by atoms with E-state index in [0.717, 1.165) is 0 Å². The monoisotopic (exact) mass is 167 g/mol. The molecule has 0 unspecified atom stereocenters. The quantitative estimate of drug-likeness (QED) is 0.614. The van der Waals surface area contributed by atoms with Crippen LogP contribution >= 0.6 is 10.4 Å². The average Bonchev–Trinajstić information content (AvgIpc) is 2.06. The van der Waals surface area contributed by atoms with Crippen LogP contribution < -0.4 is 10.3 Å². The molecule has 0 aliphatic heterocycles. The highest BCUT2D eigenvalue weighted by molar-refractivity contribution is 8.33. The van der Waals surface area contributed by atoms with Gasteiger partial charge in [0.05, 0.1) is 0 Å². The Morgan fingerprint density at radius 3 is 2.18 bits per heavy atom. The predicted molar refractivity (Wildman–Crippen MR) is 46.3 cm³/mol. The standard InChI is InChI=1S/C7H9N3S/c8-6-11(9,10)7-4-2-1-3-5-7/h1-5H,9-10H2. The largest absolute Gasteiger partial charge is 0.269 e. The number of nitriles is 1. The van der Waals surface area contributed by atoms with Crippen molar-refractivity contribution in [2.45, 2.75) is 4.90 Å². The lowest BCUT2D eigenvalue weighted by Gasteiger charge is -2.20. The number of hydrogen-bond acceptors (Lipinski definition) is 3. The predicted octanol–water partition coefficient (Wildman–Crippen LogP) is 1.08. The van der Waals surface area contributed by atoms with Gasteiger partial charge in [0.25, 0.3) is 0 Å². The maximum Gasteiger partial charge on any atom is 0.145 e. The molecule has 0 amide bonds. The van der Waals surface area contributed by atoms with Crippen LogP contribution in [0.1, 0.15) is 0 Å². The minimum atomic E-state index is -2.19. The minimum Gasteiger partial charge on any atom is -0.269 e. The molecule has 0 bridgehead atoms. The van der Waals surface area contributed by atoms with Gasteiger partial charge in [0, 0.05) is 4.90 Å². The van der Waals surface area contributed by atoms with E-state index >= 15 is 0 Å². The van der Waals surface area contributed by atoms with Crippen molar-refractivity contribution in [3.8, 4) is 5.40 Å². The summed E-state index contributed by atoms with van der Waals surface area (Å²) in [7, 11) is -2.19. The molecule has 0 heterocycles. The van der Waals surface area contributed by atoms with Gasteiger partial charge in [0.2, 0.25) is 0 Å². The summed E-state index contributed by atoms with van der Waals surface area (Å²) in [6.45, 7) is 0. The van der Waals surface area contributed by atoms with E-state index in [0.29, 0.717) is 4.90 Å². The van der Waals surface area contributed by atoms with Gasteiger partial charge >= 0.3 is 0 Å². The van der Waals surface area contributed by atoms with Gasteiger partial charge in [-0.1, -0.05) is 18.2 Å². The summed E-state index contributed by atoms with van der Waals surface area (Å²) >= 11 is 0. The van der Waals surface area contributed by atoms with Gasteiger partial charge in [-0.2, -0.15) is 5.26 Å². The molecule has 0 saturated carbocycles. The zero-order chi connectivity index (χ0) is 8.32. The summed E-state index contributed by atoms with van der Waals surface area (Å²) in [5.74, 6) is 0. The summed E-state index contributed by atoms with van der Waals surface area (Å²) < 4.78 is 0. The Morgan fingerprint density at radius 1 is 1.18 bits per heavy atom. The lowest BCUT2D eigenvalue weighted by Crippen LogP contribution is -2.17. The van der Waals surface area contributed by atoms with Crippen LogP contribution in [0, 0.1) is 10.7 Å². The maximum atomic E-state index is 8.58.